The monoisotopic (exact) mass is 271 g/mol. The number of hydrogen-bond acceptors (Lipinski definition) is 5. The largest absolute Gasteiger partial charge is 0.378 e. The molecule has 0 bridgehead atoms. The summed E-state index contributed by atoms with van der Waals surface area (Å²) in [4.78, 5) is 14.0. The predicted molar refractivity (Wildman–Crippen MR) is 64.3 cm³/mol. The lowest BCUT2D eigenvalue weighted by Crippen LogP contribution is -2.37. The summed E-state index contributed by atoms with van der Waals surface area (Å²) in [5.41, 5.74) is 0.829. The minimum atomic E-state index is -0.601. The average molecular weight is 272 g/mol. The van der Waals surface area contributed by atoms with Gasteiger partial charge in [0, 0.05) is 20.1 Å². The Balaban J connectivity index is 2.17. The number of aryl methyl sites for hydroxylation is 1. The predicted octanol–water partition coefficient (Wildman–Crippen LogP) is 0.992. The van der Waals surface area contributed by atoms with Crippen LogP contribution in [0.2, 0.25) is 5.28 Å². The van der Waals surface area contributed by atoms with Crippen LogP contribution >= 0.6 is 11.6 Å². The smallest absolute Gasteiger partial charge is 0.291 e. The third-order valence-electron chi connectivity index (χ3n) is 2.93. The second-order valence-electron chi connectivity index (χ2n) is 4.03. The van der Waals surface area contributed by atoms with Gasteiger partial charge < -0.3 is 9.64 Å². The van der Waals surface area contributed by atoms with E-state index in [9.17, 15) is 4.39 Å². The molecule has 0 unspecified atom stereocenters. The Labute approximate surface area is 107 Å². The van der Waals surface area contributed by atoms with E-state index in [1.165, 1.54) is 4.57 Å². The fourth-order valence-corrected chi connectivity index (χ4v) is 2.15. The Hall–Kier alpha value is -1.47. The first kappa shape index (κ1) is 11.6. The third kappa shape index (κ3) is 1.79. The first-order valence-electron chi connectivity index (χ1n) is 5.55. The summed E-state index contributed by atoms with van der Waals surface area (Å²) in [6.45, 7) is 2.58. The molecule has 18 heavy (non-hydrogen) atoms. The van der Waals surface area contributed by atoms with Crippen LogP contribution in [0.15, 0.2) is 0 Å². The highest BCUT2D eigenvalue weighted by atomic mass is 35.5. The third-order valence-corrected chi connectivity index (χ3v) is 3.10. The number of nitrogens with zero attached hydrogens (tertiary/aromatic N) is 5. The summed E-state index contributed by atoms with van der Waals surface area (Å²) in [6, 6.07) is 0. The van der Waals surface area contributed by atoms with Gasteiger partial charge in [-0.25, -0.2) is 0 Å². The van der Waals surface area contributed by atoms with Gasteiger partial charge in [0.25, 0.3) is 6.08 Å². The molecule has 1 fully saturated rings. The van der Waals surface area contributed by atoms with Crippen molar-refractivity contribution >= 4 is 28.6 Å². The topological polar surface area (TPSA) is 56.1 Å². The van der Waals surface area contributed by atoms with Gasteiger partial charge >= 0.3 is 0 Å². The maximum Gasteiger partial charge on any atom is 0.291 e. The van der Waals surface area contributed by atoms with Crippen molar-refractivity contribution < 1.29 is 9.13 Å². The van der Waals surface area contributed by atoms with E-state index in [2.05, 4.69) is 15.0 Å². The highest BCUT2D eigenvalue weighted by Gasteiger charge is 2.21. The molecule has 0 spiro atoms. The van der Waals surface area contributed by atoms with Gasteiger partial charge in [0.2, 0.25) is 5.28 Å². The lowest BCUT2D eigenvalue weighted by atomic mass is 10.4. The van der Waals surface area contributed by atoms with E-state index in [-0.39, 0.29) is 5.28 Å². The maximum atomic E-state index is 13.5. The Bertz CT molecular complexity index is 595. The van der Waals surface area contributed by atoms with Crippen LogP contribution in [0.25, 0.3) is 11.2 Å². The number of anilines is 1. The number of imidazole rings is 1. The number of rotatable bonds is 1. The molecule has 8 heteroatoms. The molecule has 3 heterocycles. The van der Waals surface area contributed by atoms with Crippen molar-refractivity contribution in [3.8, 4) is 0 Å². The fraction of sp³-hybridized carbons (Fsp3) is 0.500. The van der Waals surface area contributed by atoms with Crippen molar-refractivity contribution in [2.45, 2.75) is 0 Å². The molecule has 0 aromatic carbocycles. The normalized spacial score (nSPS) is 16.5. The van der Waals surface area contributed by atoms with Crippen LogP contribution < -0.4 is 4.90 Å². The molecule has 0 radical (unpaired) electrons. The minimum absolute atomic E-state index is 0.0898. The molecule has 6 nitrogen and oxygen atoms in total. The van der Waals surface area contributed by atoms with E-state index >= 15 is 0 Å². The maximum absolute atomic E-state index is 13.5. The van der Waals surface area contributed by atoms with Gasteiger partial charge in [0.15, 0.2) is 17.0 Å². The van der Waals surface area contributed by atoms with Gasteiger partial charge in [-0.15, -0.1) is 0 Å². The number of fused-ring (bicyclic) bond motifs is 1. The van der Waals surface area contributed by atoms with Crippen molar-refractivity contribution in [3.63, 3.8) is 0 Å². The van der Waals surface area contributed by atoms with Crippen LogP contribution in [0.5, 0.6) is 0 Å². The molecule has 0 atom stereocenters. The van der Waals surface area contributed by atoms with Gasteiger partial charge in [-0.1, -0.05) is 0 Å². The van der Waals surface area contributed by atoms with E-state index in [0.29, 0.717) is 43.3 Å². The number of hydrogen-bond donors (Lipinski definition) is 0. The molecule has 1 aliphatic heterocycles. The highest BCUT2D eigenvalue weighted by molar-refractivity contribution is 6.28. The summed E-state index contributed by atoms with van der Waals surface area (Å²) in [7, 11) is 1.55. The van der Waals surface area contributed by atoms with Crippen LogP contribution in [0, 0.1) is 6.08 Å². The van der Waals surface area contributed by atoms with Gasteiger partial charge in [0.05, 0.1) is 13.2 Å². The summed E-state index contributed by atoms with van der Waals surface area (Å²) >= 11 is 5.88. The fourth-order valence-electron chi connectivity index (χ4n) is 1.99. The SMILES string of the molecule is Cn1c(F)nc2c(N3CCOCC3)nc(Cl)nc21. The average Bonchev–Trinajstić information content (AvgIpc) is 2.66. The van der Waals surface area contributed by atoms with Gasteiger partial charge in [-0.3, -0.25) is 4.57 Å². The van der Waals surface area contributed by atoms with Crippen LogP contribution in [0.3, 0.4) is 0 Å². The van der Waals surface area contributed by atoms with Crippen LogP contribution in [0.4, 0.5) is 10.2 Å². The van der Waals surface area contributed by atoms with Crippen molar-refractivity contribution in [1.29, 1.82) is 0 Å². The summed E-state index contributed by atoms with van der Waals surface area (Å²) in [5.74, 6) is 0.563. The Morgan fingerprint density at radius 1 is 1.22 bits per heavy atom. The molecule has 2 aromatic heterocycles. The molecular weight excluding hydrogens is 261 g/mol. The van der Waals surface area contributed by atoms with E-state index in [4.69, 9.17) is 16.3 Å². The lowest BCUT2D eigenvalue weighted by molar-refractivity contribution is 0.122. The minimum Gasteiger partial charge on any atom is -0.378 e. The molecule has 2 aromatic rings. The zero-order valence-electron chi connectivity index (χ0n) is 9.73. The highest BCUT2D eigenvalue weighted by Crippen LogP contribution is 2.25. The van der Waals surface area contributed by atoms with Crippen molar-refractivity contribution in [3.05, 3.63) is 11.4 Å². The number of morpholine rings is 1. The van der Waals surface area contributed by atoms with E-state index in [1.807, 2.05) is 4.90 Å². The van der Waals surface area contributed by atoms with Crippen molar-refractivity contribution in [2.24, 2.45) is 7.05 Å². The van der Waals surface area contributed by atoms with Crippen molar-refractivity contribution in [2.75, 3.05) is 31.2 Å². The first-order chi connectivity index (χ1) is 8.66. The quantitative estimate of drug-likeness (QED) is 0.572. The molecule has 0 amide bonds. The first-order valence-corrected chi connectivity index (χ1v) is 5.93. The number of halogens is 2. The Morgan fingerprint density at radius 2 is 1.94 bits per heavy atom. The zero-order valence-corrected chi connectivity index (χ0v) is 10.5. The second kappa shape index (κ2) is 4.33. The number of ether oxygens (including phenoxy) is 1. The summed E-state index contributed by atoms with van der Waals surface area (Å²) in [5, 5.41) is 0.0898. The lowest BCUT2D eigenvalue weighted by Gasteiger charge is -2.27. The second-order valence-corrected chi connectivity index (χ2v) is 4.37. The Kier molecular flexibility index (Phi) is 2.79. The van der Waals surface area contributed by atoms with E-state index < -0.39 is 6.08 Å². The van der Waals surface area contributed by atoms with Crippen LogP contribution in [-0.2, 0) is 11.8 Å². The van der Waals surface area contributed by atoms with Crippen LogP contribution in [-0.4, -0.2) is 45.8 Å². The molecule has 3 rings (SSSR count). The molecule has 1 aliphatic rings. The molecule has 0 N–H and O–H groups in total. The number of aromatic nitrogens is 4. The van der Waals surface area contributed by atoms with Gasteiger partial charge in [-0.05, 0) is 11.6 Å². The Morgan fingerprint density at radius 3 is 2.67 bits per heavy atom. The zero-order chi connectivity index (χ0) is 12.7. The molecule has 1 saturated heterocycles. The summed E-state index contributed by atoms with van der Waals surface area (Å²) in [6.07, 6.45) is -0.601. The van der Waals surface area contributed by atoms with Crippen LogP contribution in [0.1, 0.15) is 0 Å². The van der Waals surface area contributed by atoms with Gasteiger partial charge in [0.1, 0.15) is 0 Å². The standard InChI is InChI=1S/C10H11ClFN5O/c1-16-7-6(13-10(16)12)8(15-9(11)14-7)17-2-4-18-5-3-17/h2-5H2,1H3. The summed E-state index contributed by atoms with van der Waals surface area (Å²) < 4.78 is 20.0. The molecule has 96 valence electrons. The van der Waals surface area contributed by atoms with Crippen molar-refractivity contribution in [1.82, 2.24) is 19.5 Å². The molecular formula is C10H11ClFN5O. The van der Waals surface area contributed by atoms with Gasteiger partial charge in [-0.2, -0.15) is 19.3 Å². The van der Waals surface area contributed by atoms with E-state index in [1.54, 1.807) is 7.05 Å². The molecule has 0 saturated carbocycles. The van der Waals surface area contributed by atoms with E-state index in [0.717, 1.165) is 0 Å². The molecule has 0 aliphatic carbocycles.